The third-order valence-corrected chi connectivity index (χ3v) is 5.17. The summed E-state index contributed by atoms with van der Waals surface area (Å²) >= 11 is 0. The monoisotopic (exact) mass is 268 g/mol. The van der Waals surface area contributed by atoms with Crippen LogP contribution < -0.4 is 0 Å². The molecule has 3 unspecified atom stereocenters. The highest BCUT2D eigenvalue weighted by Crippen LogP contribution is 2.21. The van der Waals surface area contributed by atoms with E-state index < -0.39 is 0 Å². The lowest BCUT2D eigenvalue weighted by Crippen LogP contribution is -2.06. The first kappa shape index (κ1) is 19.0. The molecule has 0 aliphatic carbocycles. The van der Waals surface area contributed by atoms with Gasteiger partial charge in [-0.25, -0.2) is 0 Å². The van der Waals surface area contributed by atoms with E-state index in [2.05, 4.69) is 34.6 Å². The van der Waals surface area contributed by atoms with Crippen LogP contribution in [0, 0.1) is 17.8 Å². The molecule has 0 saturated heterocycles. The summed E-state index contributed by atoms with van der Waals surface area (Å²) in [5, 5.41) is 0. The summed E-state index contributed by atoms with van der Waals surface area (Å²) in [5.41, 5.74) is 0. The lowest BCUT2D eigenvalue weighted by atomic mass is 9.89. The number of rotatable bonds is 13. The van der Waals surface area contributed by atoms with Gasteiger partial charge in [0.2, 0.25) is 0 Å². The van der Waals surface area contributed by atoms with E-state index in [0.29, 0.717) is 0 Å². The molecular weight excluding hydrogens is 228 g/mol. The van der Waals surface area contributed by atoms with Crippen molar-refractivity contribution in [3.8, 4) is 0 Å². The summed E-state index contributed by atoms with van der Waals surface area (Å²) in [6.07, 6.45) is 15.8. The normalized spacial score (nSPS) is 16.3. The Labute approximate surface area is 123 Å². The molecule has 0 aromatic rings. The Morgan fingerprint density at radius 2 is 1.00 bits per heavy atom. The molecule has 0 heteroatoms. The van der Waals surface area contributed by atoms with E-state index in [4.69, 9.17) is 0 Å². The van der Waals surface area contributed by atoms with Crippen molar-refractivity contribution in [1.29, 1.82) is 0 Å². The summed E-state index contributed by atoms with van der Waals surface area (Å²) < 4.78 is 0. The average molecular weight is 269 g/mol. The van der Waals surface area contributed by atoms with Crippen molar-refractivity contribution in [3.63, 3.8) is 0 Å². The molecule has 0 aliphatic heterocycles. The van der Waals surface area contributed by atoms with Crippen molar-refractivity contribution in [1.82, 2.24) is 0 Å². The minimum atomic E-state index is 0.917. The van der Waals surface area contributed by atoms with Crippen LogP contribution in [0.25, 0.3) is 0 Å². The predicted octanol–water partition coefficient (Wildman–Crippen LogP) is 7.23. The first-order valence-corrected chi connectivity index (χ1v) is 9.11. The van der Waals surface area contributed by atoms with E-state index in [1.807, 2.05) is 0 Å². The van der Waals surface area contributed by atoms with Crippen molar-refractivity contribution in [3.05, 3.63) is 0 Å². The summed E-state index contributed by atoms with van der Waals surface area (Å²) in [6.45, 7) is 11.9. The molecule has 0 spiro atoms. The average Bonchev–Trinajstić information content (AvgIpc) is 2.43. The fourth-order valence-electron chi connectivity index (χ4n) is 2.73. The highest BCUT2D eigenvalue weighted by molar-refractivity contribution is 4.60. The molecule has 0 bridgehead atoms. The van der Waals surface area contributed by atoms with Gasteiger partial charge in [0.05, 0.1) is 0 Å². The summed E-state index contributed by atoms with van der Waals surface area (Å²) in [5.74, 6) is 2.79. The third-order valence-electron chi connectivity index (χ3n) is 5.17. The molecule has 0 N–H and O–H groups in total. The Bertz CT molecular complexity index is 173. The number of hydrogen-bond acceptors (Lipinski definition) is 0. The largest absolute Gasteiger partial charge is 0.0651 e. The van der Waals surface area contributed by atoms with Crippen LogP contribution in [0.1, 0.15) is 105 Å². The van der Waals surface area contributed by atoms with E-state index in [-0.39, 0.29) is 0 Å². The van der Waals surface area contributed by atoms with Crippen molar-refractivity contribution in [2.75, 3.05) is 0 Å². The van der Waals surface area contributed by atoms with Gasteiger partial charge in [0.25, 0.3) is 0 Å². The molecule has 0 aliphatic rings. The van der Waals surface area contributed by atoms with E-state index in [1.165, 1.54) is 70.6 Å². The highest BCUT2D eigenvalue weighted by Gasteiger charge is 2.08. The fourth-order valence-corrected chi connectivity index (χ4v) is 2.73. The molecule has 3 atom stereocenters. The van der Waals surface area contributed by atoms with Crippen molar-refractivity contribution in [2.24, 2.45) is 17.8 Å². The minimum Gasteiger partial charge on any atom is -0.0651 e. The maximum Gasteiger partial charge on any atom is -0.0417 e. The number of unbranched alkanes of at least 4 members (excludes halogenated alkanes) is 6. The Morgan fingerprint density at radius 1 is 0.526 bits per heavy atom. The topological polar surface area (TPSA) is 0 Å². The number of hydrogen-bond donors (Lipinski definition) is 0. The fraction of sp³-hybridized carbons (Fsp3) is 1.00. The second-order valence-electron chi connectivity index (χ2n) is 6.93. The quantitative estimate of drug-likeness (QED) is 0.309. The first-order chi connectivity index (χ1) is 9.11. The van der Waals surface area contributed by atoms with Crippen LogP contribution in [0.5, 0.6) is 0 Å². The Kier molecular flexibility index (Phi) is 13.0. The Morgan fingerprint density at radius 3 is 1.47 bits per heavy atom. The minimum absolute atomic E-state index is 0.917. The smallest absolute Gasteiger partial charge is 0.0417 e. The second kappa shape index (κ2) is 13.0. The van der Waals surface area contributed by atoms with Gasteiger partial charge in [0, 0.05) is 0 Å². The van der Waals surface area contributed by atoms with Crippen LogP contribution in [-0.4, -0.2) is 0 Å². The maximum absolute atomic E-state index is 2.43. The maximum atomic E-state index is 2.43. The van der Waals surface area contributed by atoms with Gasteiger partial charge in [0.1, 0.15) is 0 Å². The predicted molar refractivity (Wildman–Crippen MR) is 89.6 cm³/mol. The van der Waals surface area contributed by atoms with Crippen LogP contribution in [0.3, 0.4) is 0 Å². The molecule has 0 nitrogen and oxygen atoms in total. The van der Waals surface area contributed by atoms with Crippen LogP contribution in [0.15, 0.2) is 0 Å². The van der Waals surface area contributed by atoms with Crippen molar-refractivity contribution >= 4 is 0 Å². The van der Waals surface area contributed by atoms with Gasteiger partial charge in [0.15, 0.2) is 0 Å². The SMILES string of the molecule is CCC(C)CCCCCCCCCC(C)C(C)CC. The molecule has 0 saturated carbocycles. The van der Waals surface area contributed by atoms with Gasteiger partial charge >= 0.3 is 0 Å². The molecule has 0 radical (unpaired) electrons. The Balaban J connectivity index is 3.19. The zero-order chi connectivity index (χ0) is 14.5. The lowest BCUT2D eigenvalue weighted by molar-refractivity contribution is 0.342. The van der Waals surface area contributed by atoms with Gasteiger partial charge < -0.3 is 0 Å². The summed E-state index contributed by atoms with van der Waals surface area (Å²) in [4.78, 5) is 0. The van der Waals surface area contributed by atoms with Crippen LogP contribution in [0.4, 0.5) is 0 Å². The van der Waals surface area contributed by atoms with Gasteiger partial charge in [-0.1, -0.05) is 105 Å². The van der Waals surface area contributed by atoms with E-state index in [0.717, 1.165) is 17.8 Å². The van der Waals surface area contributed by atoms with Gasteiger partial charge in [-0.05, 0) is 17.8 Å². The standard InChI is InChI=1S/C19H40/c1-6-17(3)15-13-11-9-8-10-12-14-16-19(5)18(4)7-2/h17-19H,6-16H2,1-5H3. The van der Waals surface area contributed by atoms with Gasteiger partial charge in [-0.15, -0.1) is 0 Å². The molecule has 0 rings (SSSR count). The zero-order valence-corrected chi connectivity index (χ0v) is 14.5. The van der Waals surface area contributed by atoms with Gasteiger partial charge in [-0.3, -0.25) is 0 Å². The molecule has 116 valence electrons. The Hall–Kier alpha value is 0. The summed E-state index contributed by atoms with van der Waals surface area (Å²) in [7, 11) is 0. The molecule has 19 heavy (non-hydrogen) atoms. The van der Waals surface area contributed by atoms with Crippen LogP contribution >= 0.6 is 0 Å². The van der Waals surface area contributed by atoms with E-state index >= 15 is 0 Å². The molecule has 0 amide bonds. The van der Waals surface area contributed by atoms with E-state index in [1.54, 1.807) is 0 Å². The van der Waals surface area contributed by atoms with Crippen LogP contribution in [-0.2, 0) is 0 Å². The van der Waals surface area contributed by atoms with E-state index in [9.17, 15) is 0 Å². The highest BCUT2D eigenvalue weighted by atomic mass is 14.1. The van der Waals surface area contributed by atoms with Crippen molar-refractivity contribution in [2.45, 2.75) is 105 Å². The second-order valence-corrected chi connectivity index (χ2v) is 6.93. The molecular formula is C19H40. The lowest BCUT2D eigenvalue weighted by Gasteiger charge is -2.17. The zero-order valence-electron chi connectivity index (χ0n) is 14.5. The van der Waals surface area contributed by atoms with Crippen LogP contribution in [0.2, 0.25) is 0 Å². The molecule has 0 heterocycles. The third kappa shape index (κ3) is 11.5. The van der Waals surface area contributed by atoms with Crippen molar-refractivity contribution < 1.29 is 0 Å². The summed E-state index contributed by atoms with van der Waals surface area (Å²) in [6, 6.07) is 0. The molecule has 0 aromatic carbocycles. The molecule has 0 aromatic heterocycles. The van der Waals surface area contributed by atoms with Gasteiger partial charge in [-0.2, -0.15) is 0 Å². The molecule has 0 fully saturated rings. The first-order valence-electron chi connectivity index (χ1n) is 9.11.